The number of rotatable bonds is 8. The zero-order valence-electron chi connectivity index (χ0n) is 13.8. The molecule has 19 heavy (non-hydrogen) atoms. The fourth-order valence-corrected chi connectivity index (χ4v) is 2.21. The van der Waals surface area contributed by atoms with E-state index in [0.717, 1.165) is 13.1 Å². The molecule has 2 atom stereocenters. The van der Waals surface area contributed by atoms with Crippen LogP contribution in [0.3, 0.4) is 0 Å². The van der Waals surface area contributed by atoms with Crippen LogP contribution in [0.4, 0.5) is 0 Å². The summed E-state index contributed by atoms with van der Waals surface area (Å²) in [6.45, 7) is 18.2. The molecule has 0 rings (SSSR count). The minimum absolute atomic E-state index is 0.0393. The predicted octanol–water partition coefficient (Wildman–Crippen LogP) is 2.42. The van der Waals surface area contributed by atoms with Gasteiger partial charge >= 0.3 is 0 Å². The van der Waals surface area contributed by atoms with E-state index in [1.54, 1.807) is 6.20 Å². The molecule has 0 heterocycles. The number of nitrogens with zero attached hydrogens (tertiary/aromatic N) is 2. The summed E-state index contributed by atoms with van der Waals surface area (Å²) in [7, 11) is 1.93. The number of nitrogens with one attached hydrogen (secondary N) is 1. The monoisotopic (exact) mass is 271 g/mol. The van der Waals surface area contributed by atoms with Crippen molar-refractivity contribution in [1.29, 1.82) is 0 Å². The lowest BCUT2D eigenvalue weighted by Crippen LogP contribution is -2.58. The molecule has 0 amide bonds. The zero-order chi connectivity index (χ0) is 15.3. The van der Waals surface area contributed by atoms with Crippen molar-refractivity contribution in [2.45, 2.75) is 59.7 Å². The molecule has 0 aromatic rings. The summed E-state index contributed by atoms with van der Waals surface area (Å²) >= 11 is 0. The maximum absolute atomic E-state index is 10.6. The van der Waals surface area contributed by atoms with Crippen LogP contribution in [0.25, 0.3) is 0 Å². The predicted molar refractivity (Wildman–Crippen MR) is 82.5 cm³/mol. The minimum Gasteiger partial charge on any atom is -0.371 e. The molecule has 4 nitrogen and oxygen atoms in total. The van der Waals surface area contributed by atoms with Crippen LogP contribution >= 0.6 is 0 Å². The second-order valence-electron chi connectivity index (χ2n) is 6.30. The first-order valence-electron chi connectivity index (χ1n) is 7.19. The molecule has 0 fully saturated rings. The first kappa shape index (κ1) is 18.4. The van der Waals surface area contributed by atoms with Crippen molar-refractivity contribution in [1.82, 2.24) is 15.3 Å². The van der Waals surface area contributed by atoms with Gasteiger partial charge in [0.05, 0.1) is 6.04 Å². The number of hydrogen-bond acceptors (Lipinski definition) is 4. The van der Waals surface area contributed by atoms with Crippen LogP contribution in [0.2, 0.25) is 0 Å². The van der Waals surface area contributed by atoms with E-state index in [4.69, 9.17) is 0 Å². The smallest absolute Gasteiger partial charge is 0.134 e. The summed E-state index contributed by atoms with van der Waals surface area (Å²) in [5, 5.41) is 12.7. The average Bonchev–Trinajstić information content (AvgIpc) is 2.32. The highest BCUT2D eigenvalue weighted by Crippen LogP contribution is 2.31. The van der Waals surface area contributed by atoms with Gasteiger partial charge in [-0.3, -0.25) is 5.43 Å². The molecule has 0 aromatic carbocycles. The number of hydrogen-bond donors (Lipinski definition) is 2. The Morgan fingerprint density at radius 2 is 1.79 bits per heavy atom. The van der Waals surface area contributed by atoms with E-state index < -0.39 is 5.72 Å². The van der Waals surface area contributed by atoms with Gasteiger partial charge in [-0.2, -0.15) is 0 Å². The molecular formula is C15H33N3O. The van der Waals surface area contributed by atoms with Gasteiger partial charge in [0.15, 0.2) is 0 Å². The number of hydrazine groups is 1. The van der Waals surface area contributed by atoms with Crippen LogP contribution in [0.1, 0.15) is 48.0 Å². The van der Waals surface area contributed by atoms with E-state index in [1.807, 2.05) is 25.8 Å². The summed E-state index contributed by atoms with van der Waals surface area (Å²) < 4.78 is 0. The quantitative estimate of drug-likeness (QED) is 0.525. The van der Waals surface area contributed by atoms with Gasteiger partial charge in [-0.25, -0.2) is 5.01 Å². The molecule has 114 valence electrons. The van der Waals surface area contributed by atoms with E-state index in [1.165, 1.54) is 0 Å². The van der Waals surface area contributed by atoms with Crippen LogP contribution in [-0.4, -0.2) is 46.9 Å². The normalized spacial score (nSPS) is 17.1. The lowest BCUT2D eigenvalue weighted by molar-refractivity contribution is -0.115. The Kier molecular flexibility index (Phi) is 7.05. The molecule has 1 unspecified atom stereocenters. The fourth-order valence-electron chi connectivity index (χ4n) is 2.21. The number of likely N-dealkylation sites (N-methyl/N-ethyl adjacent to an activating group) is 1. The molecule has 0 saturated heterocycles. The van der Waals surface area contributed by atoms with E-state index >= 15 is 0 Å². The second kappa shape index (κ2) is 7.27. The molecule has 0 bridgehead atoms. The molecule has 0 aliphatic rings. The molecule has 0 aromatic heterocycles. The lowest BCUT2D eigenvalue weighted by Gasteiger charge is -2.48. The maximum Gasteiger partial charge on any atom is 0.134 e. The third-order valence-electron chi connectivity index (χ3n) is 3.85. The lowest BCUT2D eigenvalue weighted by atomic mass is 9.84. The Bertz CT molecular complexity index is 267. The molecule has 0 aliphatic heterocycles. The minimum atomic E-state index is -0.868. The van der Waals surface area contributed by atoms with Crippen LogP contribution in [0, 0.1) is 5.41 Å². The molecule has 4 heteroatoms. The van der Waals surface area contributed by atoms with Crippen molar-refractivity contribution in [3.8, 4) is 0 Å². The van der Waals surface area contributed by atoms with Gasteiger partial charge in [-0.15, -0.1) is 0 Å². The first-order chi connectivity index (χ1) is 8.63. The average molecular weight is 271 g/mol. The van der Waals surface area contributed by atoms with E-state index in [0.29, 0.717) is 6.42 Å². The largest absolute Gasteiger partial charge is 0.371 e. The van der Waals surface area contributed by atoms with Gasteiger partial charge in [0.2, 0.25) is 0 Å². The van der Waals surface area contributed by atoms with Gasteiger partial charge in [0.25, 0.3) is 0 Å². The highest BCUT2D eigenvalue weighted by atomic mass is 16.3. The molecule has 0 radical (unpaired) electrons. The summed E-state index contributed by atoms with van der Waals surface area (Å²) in [4.78, 5) is 1.99. The standard InChI is InChI=1S/C15H33N3O/c1-9-15(7,19)18(11-3)13(14(4,5)6)12-17(10-2)16-8/h11,13,16,19H,3,9-10,12H2,1-2,4-8H3/t13-,15?/m0/s1. The van der Waals surface area contributed by atoms with Crippen molar-refractivity contribution in [3.63, 3.8) is 0 Å². The maximum atomic E-state index is 10.6. The topological polar surface area (TPSA) is 38.7 Å². The number of aliphatic hydroxyl groups is 1. The molecular weight excluding hydrogens is 238 g/mol. The highest BCUT2D eigenvalue weighted by Gasteiger charge is 2.37. The van der Waals surface area contributed by atoms with Gasteiger partial charge in [-0.1, -0.05) is 41.2 Å². The van der Waals surface area contributed by atoms with Crippen molar-refractivity contribution < 1.29 is 5.11 Å². The summed E-state index contributed by atoms with van der Waals surface area (Å²) in [6, 6.07) is 0.173. The second-order valence-corrected chi connectivity index (χ2v) is 6.30. The Morgan fingerprint density at radius 1 is 1.26 bits per heavy atom. The van der Waals surface area contributed by atoms with Gasteiger partial charge in [0, 0.05) is 13.1 Å². The van der Waals surface area contributed by atoms with Gasteiger partial charge < -0.3 is 10.0 Å². The van der Waals surface area contributed by atoms with Crippen LogP contribution in [-0.2, 0) is 0 Å². The van der Waals surface area contributed by atoms with Crippen molar-refractivity contribution in [2.24, 2.45) is 5.41 Å². The van der Waals surface area contributed by atoms with Gasteiger partial charge in [0.1, 0.15) is 5.72 Å². The molecule has 0 aliphatic carbocycles. The fraction of sp³-hybridized carbons (Fsp3) is 0.867. The molecule has 2 N–H and O–H groups in total. The third-order valence-corrected chi connectivity index (χ3v) is 3.85. The highest BCUT2D eigenvalue weighted by molar-refractivity contribution is 4.94. The summed E-state index contributed by atoms with van der Waals surface area (Å²) in [6.07, 6.45) is 2.43. The first-order valence-corrected chi connectivity index (χ1v) is 7.19. The Hall–Kier alpha value is -0.580. The molecule has 0 saturated carbocycles. The van der Waals surface area contributed by atoms with Crippen LogP contribution in [0.15, 0.2) is 12.8 Å². The Morgan fingerprint density at radius 3 is 2.05 bits per heavy atom. The van der Waals surface area contributed by atoms with Crippen molar-refractivity contribution in [2.75, 3.05) is 20.1 Å². The Balaban J connectivity index is 5.28. The summed E-state index contributed by atoms with van der Waals surface area (Å²) in [5.41, 5.74) is 2.36. The van der Waals surface area contributed by atoms with E-state index in [-0.39, 0.29) is 11.5 Å². The third kappa shape index (κ3) is 5.13. The zero-order valence-corrected chi connectivity index (χ0v) is 13.8. The van der Waals surface area contributed by atoms with Crippen LogP contribution in [0.5, 0.6) is 0 Å². The van der Waals surface area contributed by atoms with Crippen molar-refractivity contribution >= 4 is 0 Å². The van der Waals surface area contributed by atoms with Crippen LogP contribution < -0.4 is 5.43 Å². The molecule has 0 spiro atoms. The van der Waals surface area contributed by atoms with E-state index in [2.05, 4.69) is 44.7 Å². The summed E-state index contributed by atoms with van der Waals surface area (Å²) in [5.74, 6) is 0. The SMILES string of the molecule is C=CN([C@@H](CN(CC)NC)C(C)(C)C)C(C)(O)CC. The van der Waals surface area contributed by atoms with E-state index in [9.17, 15) is 5.11 Å². The van der Waals surface area contributed by atoms with Gasteiger partial charge in [-0.05, 0) is 32.0 Å². The van der Waals surface area contributed by atoms with Crippen molar-refractivity contribution in [3.05, 3.63) is 12.8 Å². The Labute approximate surface area is 119 Å².